The van der Waals surface area contributed by atoms with Crippen molar-refractivity contribution in [2.45, 2.75) is 6.42 Å². The summed E-state index contributed by atoms with van der Waals surface area (Å²) in [5.74, 6) is -0.463. The maximum absolute atomic E-state index is 11.7. The van der Waals surface area contributed by atoms with Gasteiger partial charge in [0, 0.05) is 22.3 Å². The van der Waals surface area contributed by atoms with Gasteiger partial charge >= 0.3 is 0 Å². The summed E-state index contributed by atoms with van der Waals surface area (Å²) >= 11 is 10.6. The summed E-state index contributed by atoms with van der Waals surface area (Å²) in [4.78, 5) is 28.0. The first-order valence-electron chi connectivity index (χ1n) is 6.07. The smallest absolute Gasteiger partial charge is 0.251 e. The molecule has 0 aliphatic carbocycles. The van der Waals surface area contributed by atoms with E-state index < -0.39 is 5.91 Å². The average Bonchev–Trinajstić information content (AvgIpc) is 2.41. The molecule has 0 saturated carbocycles. The Bertz CT molecular complexity index is 815. The van der Waals surface area contributed by atoms with Crippen LogP contribution in [0.15, 0.2) is 34.2 Å². The van der Waals surface area contributed by atoms with E-state index in [4.69, 9.17) is 23.8 Å². The molecule has 4 N–H and O–H groups in total. The number of carbonyl (C=O) groups is 1. The van der Waals surface area contributed by atoms with Crippen LogP contribution < -0.4 is 11.0 Å². The number of hydrogen-bond acceptors (Lipinski definition) is 5. The van der Waals surface area contributed by atoms with Crippen LogP contribution in [-0.2, 0) is 11.2 Å². The lowest BCUT2D eigenvalue weighted by molar-refractivity contribution is -0.120. The summed E-state index contributed by atoms with van der Waals surface area (Å²) in [6, 6.07) is 5.69. The number of H-pyrrole nitrogens is 2. The van der Waals surface area contributed by atoms with Gasteiger partial charge in [0.25, 0.3) is 5.56 Å². The number of rotatable bonds is 4. The van der Waals surface area contributed by atoms with Crippen LogP contribution in [0.1, 0.15) is 11.3 Å². The Kier molecular flexibility index (Phi) is 5.08. The van der Waals surface area contributed by atoms with Gasteiger partial charge in [-0.1, -0.05) is 11.6 Å². The van der Waals surface area contributed by atoms with Crippen LogP contribution in [0.2, 0.25) is 5.02 Å². The van der Waals surface area contributed by atoms with Gasteiger partial charge in [0.05, 0.1) is 12.6 Å². The van der Waals surface area contributed by atoms with Gasteiger partial charge in [-0.25, -0.2) is 5.43 Å². The first-order valence-corrected chi connectivity index (χ1v) is 6.85. The van der Waals surface area contributed by atoms with Crippen molar-refractivity contribution in [2.75, 3.05) is 0 Å². The van der Waals surface area contributed by atoms with Crippen molar-refractivity contribution in [1.82, 2.24) is 15.4 Å². The molecule has 0 saturated heterocycles. The minimum Gasteiger partial charge on any atom is -0.507 e. The molecule has 1 aromatic heterocycles. The lowest BCUT2D eigenvalue weighted by atomic mass is 10.2. The average molecular weight is 339 g/mol. The number of amides is 1. The molecule has 0 fully saturated rings. The van der Waals surface area contributed by atoms with E-state index in [2.05, 4.69) is 20.5 Å². The minimum absolute atomic E-state index is 0.0129. The standard InChI is InChI=1S/C13H11ClN4O3S/c14-8-1-2-10(19)7(3-8)6-15-18-12(21)5-9-4-11(20)17-13(22)16-9/h1-4,6,19H,5H2,(H,18,21)(H2,16,17,20,22)/b15-6+. The van der Waals surface area contributed by atoms with Crippen molar-refractivity contribution in [3.8, 4) is 5.75 Å². The Labute approximate surface area is 134 Å². The molecule has 0 unspecified atom stereocenters. The van der Waals surface area contributed by atoms with Crippen LogP contribution in [0.3, 0.4) is 0 Å². The van der Waals surface area contributed by atoms with Crippen LogP contribution in [0.5, 0.6) is 5.75 Å². The molecular formula is C13H11ClN4O3S. The second-order valence-electron chi connectivity index (χ2n) is 4.29. The molecular weight excluding hydrogens is 328 g/mol. The summed E-state index contributed by atoms with van der Waals surface area (Å²) in [7, 11) is 0. The van der Waals surface area contributed by atoms with E-state index >= 15 is 0 Å². The highest BCUT2D eigenvalue weighted by Gasteiger charge is 2.04. The Morgan fingerprint density at radius 3 is 2.91 bits per heavy atom. The number of aromatic amines is 2. The van der Waals surface area contributed by atoms with Gasteiger partial charge in [-0.2, -0.15) is 5.10 Å². The summed E-state index contributed by atoms with van der Waals surface area (Å²) in [5, 5.41) is 13.7. The molecule has 0 spiro atoms. The molecule has 0 radical (unpaired) electrons. The Morgan fingerprint density at radius 1 is 1.41 bits per heavy atom. The highest BCUT2D eigenvalue weighted by atomic mass is 35.5. The molecule has 1 amide bonds. The Balaban J connectivity index is 2.00. The van der Waals surface area contributed by atoms with Crippen molar-refractivity contribution in [2.24, 2.45) is 5.10 Å². The van der Waals surface area contributed by atoms with Gasteiger partial charge in [-0.05, 0) is 30.4 Å². The van der Waals surface area contributed by atoms with Crippen LogP contribution in [-0.4, -0.2) is 27.2 Å². The molecule has 1 heterocycles. The van der Waals surface area contributed by atoms with Crippen molar-refractivity contribution < 1.29 is 9.90 Å². The molecule has 0 bridgehead atoms. The van der Waals surface area contributed by atoms with Crippen molar-refractivity contribution in [3.05, 3.63) is 55.7 Å². The number of benzene rings is 1. The second kappa shape index (κ2) is 7.01. The van der Waals surface area contributed by atoms with Crippen molar-refractivity contribution >= 4 is 35.9 Å². The second-order valence-corrected chi connectivity index (χ2v) is 5.13. The van der Waals surface area contributed by atoms with Gasteiger partial charge < -0.3 is 10.1 Å². The van der Waals surface area contributed by atoms with E-state index in [1.165, 1.54) is 30.5 Å². The fraction of sp³-hybridized carbons (Fsp3) is 0.0769. The van der Waals surface area contributed by atoms with Gasteiger partial charge in [0.15, 0.2) is 4.77 Å². The quantitative estimate of drug-likeness (QED) is 0.384. The molecule has 2 aromatic rings. The fourth-order valence-electron chi connectivity index (χ4n) is 1.63. The van der Waals surface area contributed by atoms with Crippen LogP contribution in [0, 0.1) is 4.77 Å². The summed E-state index contributed by atoms with van der Waals surface area (Å²) in [6.45, 7) is 0. The van der Waals surface area contributed by atoms with Gasteiger partial charge in [0.2, 0.25) is 5.91 Å². The number of phenolic OH excluding ortho intramolecular Hbond substituents is 1. The number of carbonyl (C=O) groups excluding carboxylic acids is 1. The number of halogens is 1. The third-order valence-corrected chi connectivity index (χ3v) is 2.99. The van der Waals surface area contributed by atoms with Gasteiger partial charge in [-0.15, -0.1) is 0 Å². The van der Waals surface area contributed by atoms with E-state index in [1.807, 2.05) is 0 Å². The Morgan fingerprint density at radius 2 is 2.18 bits per heavy atom. The summed E-state index contributed by atoms with van der Waals surface area (Å²) < 4.78 is 0.141. The lowest BCUT2D eigenvalue weighted by Crippen LogP contribution is -2.21. The number of aromatic nitrogens is 2. The summed E-state index contributed by atoms with van der Waals surface area (Å²) in [5.41, 5.74) is 2.62. The number of hydrogen-bond donors (Lipinski definition) is 4. The highest BCUT2D eigenvalue weighted by molar-refractivity contribution is 7.71. The molecule has 22 heavy (non-hydrogen) atoms. The molecule has 114 valence electrons. The van der Waals surface area contributed by atoms with E-state index in [0.717, 1.165) is 0 Å². The fourth-order valence-corrected chi connectivity index (χ4v) is 2.04. The summed E-state index contributed by atoms with van der Waals surface area (Å²) in [6.07, 6.45) is 1.17. The third-order valence-electron chi connectivity index (χ3n) is 2.55. The highest BCUT2D eigenvalue weighted by Crippen LogP contribution is 2.19. The van der Waals surface area contributed by atoms with Crippen molar-refractivity contribution in [3.63, 3.8) is 0 Å². The van der Waals surface area contributed by atoms with E-state index in [9.17, 15) is 14.7 Å². The van der Waals surface area contributed by atoms with Crippen LogP contribution >= 0.6 is 23.8 Å². The van der Waals surface area contributed by atoms with Gasteiger partial charge in [0.1, 0.15) is 5.75 Å². The number of hydrazone groups is 1. The molecule has 0 atom stereocenters. The lowest BCUT2D eigenvalue weighted by Gasteiger charge is -2.01. The molecule has 7 nitrogen and oxygen atoms in total. The van der Waals surface area contributed by atoms with Crippen LogP contribution in [0.4, 0.5) is 0 Å². The molecule has 0 aliphatic rings. The largest absolute Gasteiger partial charge is 0.507 e. The Hall–Kier alpha value is -2.45. The SMILES string of the molecule is O=C(Cc1cc(=O)[nH]c(=S)[nH]1)N/N=C/c1cc(Cl)ccc1O. The van der Waals surface area contributed by atoms with Crippen molar-refractivity contribution in [1.29, 1.82) is 0 Å². The number of nitrogens with one attached hydrogen (secondary N) is 3. The van der Waals surface area contributed by atoms with Crippen LogP contribution in [0.25, 0.3) is 0 Å². The first-order chi connectivity index (χ1) is 10.4. The normalized spacial score (nSPS) is 10.8. The zero-order valence-corrected chi connectivity index (χ0v) is 12.7. The van der Waals surface area contributed by atoms with Gasteiger partial charge in [-0.3, -0.25) is 14.6 Å². The first kappa shape index (κ1) is 15.9. The third kappa shape index (κ3) is 4.54. The number of aromatic hydroxyl groups is 1. The van der Waals surface area contributed by atoms with E-state index in [-0.39, 0.29) is 22.5 Å². The minimum atomic E-state index is -0.450. The topological polar surface area (TPSA) is 110 Å². The molecule has 2 rings (SSSR count). The number of nitrogens with zero attached hydrogens (tertiary/aromatic N) is 1. The molecule has 9 heteroatoms. The van der Waals surface area contributed by atoms with E-state index in [1.54, 1.807) is 0 Å². The predicted molar refractivity (Wildman–Crippen MR) is 84.8 cm³/mol. The maximum Gasteiger partial charge on any atom is 0.251 e. The zero-order chi connectivity index (χ0) is 16.1. The maximum atomic E-state index is 11.7. The molecule has 1 aromatic carbocycles. The molecule has 0 aliphatic heterocycles. The monoisotopic (exact) mass is 338 g/mol. The van der Waals surface area contributed by atoms with E-state index in [0.29, 0.717) is 16.3 Å². The number of phenols is 1. The predicted octanol–water partition coefficient (Wildman–Crippen LogP) is 1.48. The zero-order valence-electron chi connectivity index (χ0n) is 11.1.